The summed E-state index contributed by atoms with van der Waals surface area (Å²) in [7, 11) is -3.48. The maximum Gasteiger partial charge on any atom is 0.244 e. The van der Waals surface area contributed by atoms with Crippen molar-refractivity contribution in [3.63, 3.8) is 0 Å². The number of pyridine rings is 1. The van der Waals surface area contributed by atoms with Crippen molar-refractivity contribution in [1.82, 2.24) is 9.29 Å². The summed E-state index contributed by atoms with van der Waals surface area (Å²) >= 11 is 0. The van der Waals surface area contributed by atoms with Gasteiger partial charge in [0.2, 0.25) is 10.0 Å². The molecule has 0 aliphatic carbocycles. The van der Waals surface area contributed by atoms with Crippen molar-refractivity contribution in [1.29, 1.82) is 0 Å². The number of nitrogens with zero attached hydrogens (tertiary/aromatic N) is 2. The second kappa shape index (κ2) is 7.74. The first-order valence-corrected chi connectivity index (χ1v) is 9.42. The number of nitrogens with one attached hydrogen (secondary N) is 1. The van der Waals surface area contributed by atoms with Crippen molar-refractivity contribution < 1.29 is 13.2 Å². The fourth-order valence-electron chi connectivity index (χ4n) is 2.55. The molecule has 7 heteroatoms. The van der Waals surface area contributed by atoms with E-state index in [1.807, 2.05) is 18.2 Å². The summed E-state index contributed by atoms with van der Waals surface area (Å²) in [6.45, 7) is 2.39. The van der Waals surface area contributed by atoms with Gasteiger partial charge in [0.15, 0.2) is 0 Å². The zero-order valence-electron chi connectivity index (χ0n) is 13.4. The highest BCUT2D eigenvalue weighted by atomic mass is 32.2. The SMILES string of the molecule is O=S(=O)(c1ccc(NCCc2ccccc2)nc1)N1CCOCC1. The molecule has 0 bridgehead atoms. The van der Waals surface area contributed by atoms with Gasteiger partial charge in [0.05, 0.1) is 13.2 Å². The number of sulfonamides is 1. The van der Waals surface area contributed by atoms with Gasteiger partial charge in [0.1, 0.15) is 10.7 Å². The molecule has 1 aliphatic heterocycles. The molecule has 24 heavy (non-hydrogen) atoms. The number of benzene rings is 1. The van der Waals surface area contributed by atoms with Gasteiger partial charge < -0.3 is 10.1 Å². The minimum absolute atomic E-state index is 0.220. The summed E-state index contributed by atoms with van der Waals surface area (Å²) in [5.41, 5.74) is 1.25. The molecule has 1 N–H and O–H groups in total. The van der Waals surface area contributed by atoms with Gasteiger partial charge in [-0.3, -0.25) is 0 Å². The highest BCUT2D eigenvalue weighted by Crippen LogP contribution is 2.17. The molecule has 1 saturated heterocycles. The number of rotatable bonds is 6. The number of hydrogen-bond acceptors (Lipinski definition) is 5. The first-order chi connectivity index (χ1) is 11.7. The summed E-state index contributed by atoms with van der Waals surface area (Å²) < 4.78 is 31.7. The second-order valence-corrected chi connectivity index (χ2v) is 7.50. The van der Waals surface area contributed by atoms with Crippen LogP contribution in [0.3, 0.4) is 0 Å². The normalized spacial score (nSPS) is 16.0. The molecule has 2 heterocycles. The Morgan fingerprint density at radius 1 is 1.08 bits per heavy atom. The molecule has 2 aromatic rings. The van der Waals surface area contributed by atoms with Crippen LogP contribution in [0.4, 0.5) is 5.82 Å². The van der Waals surface area contributed by atoms with Gasteiger partial charge >= 0.3 is 0 Å². The Labute approximate surface area is 142 Å². The van der Waals surface area contributed by atoms with Crippen molar-refractivity contribution in [2.24, 2.45) is 0 Å². The fraction of sp³-hybridized carbons (Fsp3) is 0.353. The van der Waals surface area contributed by atoms with E-state index in [1.165, 1.54) is 16.1 Å². The van der Waals surface area contributed by atoms with Gasteiger partial charge in [-0.1, -0.05) is 30.3 Å². The van der Waals surface area contributed by atoms with E-state index < -0.39 is 10.0 Å². The summed E-state index contributed by atoms with van der Waals surface area (Å²) in [6.07, 6.45) is 2.30. The average molecular weight is 347 g/mol. The zero-order valence-corrected chi connectivity index (χ0v) is 14.2. The number of morpholine rings is 1. The highest BCUT2D eigenvalue weighted by Gasteiger charge is 2.26. The van der Waals surface area contributed by atoms with Crippen LogP contribution in [0, 0.1) is 0 Å². The Kier molecular flexibility index (Phi) is 5.44. The minimum atomic E-state index is -3.48. The fourth-order valence-corrected chi connectivity index (χ4v) is 3.91. The Bertz CT molecular complexity index is 742. The highest BCUT2D eigenvalue weighted by molar-refractivity contribution is 7.89. The maximum atomic E-state index is 12.5. The van der Waals surface area contributed by atoms with Gasteiger partial charge in [-0.25, -0.2) is 13.4 Å². The van der Waals surface area contributed by atoms with Crippen LogP contribution in [-0.4, -0.2) is 50.6 Å². The van der Waals surface area contributed by atoms with Crippen LogP contribution in [0.2, 0.25) is 0 Å². The monoisotopic (exact) mass is 347 g/mol. The number of ether oxygens (including phenoxy) is 1. The lowest BCUT2D eigenvalue weighted by molar-refractivity contribution is 0.0730. The van der Waals surface area contributed by atoms with E-state index in [2.05, 4.69) is 22.4 Å². The third kappa shape index (κ3) is 4.11. The van der Waals surface area contributed by atoms with Crippen molar-refractivity contribution in [2.45, 2.75) is 11.3 Å². The van der Waals surface area contributed by atoms with Gasteiger partial charge in [0, 0.05) is 25.8 Å². The molecule has 0 unspecified atom stereocenters. The predicted molar refractivity (Wildman–Crippen MR) is 92.5 cm³/mol. The van der Waals surface area contributed by atoms with Crippen molar-refractivity contribution in [2.75, 3.05) is 38.2 Å². The molecule has 0 spiro atoms. The van der Waals surface area contributed by atoms with Crippen LogP contribution in [0.5, 0.6) is 0 Å². The topological polar surface area (TPSA) is 71.5 Å². The van der Waals surface area contributed by atoms with E-state index in [1.54, 1.807) is 12.1 Å². The molecule has 3 rings (SSSR count). The van der Waals surface area contributed by atoms with Crippen molar-refractivity contribution in [3.05, 3.63) is 54.2 Å². The first kappa shape index (κ1) is 16.9. The molecule has 0 radical (unpaired) electrons. The lowest BCUT2D eigenvalue weighted by Gasteiger charge is -2.25. The molecule has 1 aromatic carbocycles. The van der Waals surface area contributed by atoms with Crippen molar-refractivity contribution >= 4 is 15.8 Å². The van der Waals surface area contributed by atoms with E-state index in [0.29, 0.717) is 32.1 Å². The first-order valence-electron chi connectivity index (χ1n) is 7.98. The number of anilines is 1. The Hall–Kier alpha value is -1.96. The molecular weight excluding hydrogens is 326 g/mol. The molecule has 1 aliphatic rings. The largest absolute Gasteiger partial charge is 0.379 e. The molecule has 0 saturated carbocycles. The van der Waals surface area contributed by atoms with Crippen LogP contribution in [0.15, 0.2) is 53.6 Å². The molecule has 128 valence electrons. The third-order valence-corrected chi connectivity index (χ3v) is 5.79. The number of hydrogen-bond donors (Lipinski definition) is 1. The van der Waals surface area contributed by atoms with E-state index in [9.17, 15) is 8.42 Å². The van der Waals surface area contributed by atoms with E-state index >= 15 is 0 Å². The Balaban J connectivity index is 1.58. The maximum absolute atomic E-state index is 12.5. The second-order valence-electron chi connectivity index (χ2n) is 5.56. The third-order valence-electron chi connectivity index (χ3n) is 3.91. The Morgan fingerprint density at radius 3 is 2.50 bits per heavy atom. The van der Waals surface area contributed by atoms with Gasteiger partial charge in [-0.15, -0.1) is 0 Å². The molecule has 1 aromatic heterocycles. The van der Waals surface area contributed by atoms with Gasteiger partial charge in [-0.05, 0) is 24.1 Å². The molecule has 0 atom stereocenters. The predicted octanol–water partition coefficient (Wildman–Crippen LogP) is 1.76. The summed E-state index contributed by atoms with van der Waals surface area (Å²) in [6, 6.07) is 13.5. The van der Waals surface area contributed by atoms with Crippen LogP contribution in [0.1, 0.15) is 5.56 Å². The quantitative estimate of drug-likeness (QED) is 0.862. The van der Waals surface area contributed by atoms with Gasteiger partial charge in [0.25, 0.3) is 0 Å². The molecule has 0 amide bonds. The summed E-state index contributed by atoms with van der Waals surface area (Å²) in [4.78, 5) is 4.44. The zero-order chi connectivity index (χ0) is 16.8. The molecule has 1 fully saturated rings. The Morgan fingerprint density at radius 2 is 1.83 bits per heavy atom. The van der Waals surface area contributed by atoms with Crippen LogP contribution < -0.4 is 5.32 Å². The standard InChI is InChI=1S/C17H21N3O3S/c21-24(22,20-10-12-23-13-11-20)16-6-7-17(19-14-16)18-9-8-15-4-2-1-3-5-15/h1-7,14H,8-13H2,(H,18,19). The minimum Gasteiger partial charge on any atom is -0.379 e. The summed E-state index contributed by atoms with van der Waals surface area (Å²) in [5.74, 6) is 0.673. The lowest BCUT2D eigenvalue weighted by Crippen LogP contribution is -2.40. The molecule has 6 nitrogen and oxygen atoms in total. The smallest absolute Gasteiger partial charge is 0.244 e. The van der Waals surface area contributed by atoms with E-state index in [0.717, 1.165) is 13.0 Å². The van der Waals surface area contributed by atoms with E-state index in [-0.39, 0.29) is 4.90 Å². The van der Waals surface area contributed by atoms with Gasteiger partial charge in [-0.2, -0.15) is 4.31 Å². The molecular formula is C17H21N3O3S. The van der Waals surface area contributed by atoms with Crippen LogP contribution in [-0.2, 0) is 21.2 Å². The number of aromatic nitrogens is 1. The van der Waals surface area contributed by atoms with Crippen molar-refractivity contribution in [3.8, 4) is 0 Å². The lowest BCUT2D eigenvalue weighted by atomic mass is 10.1. The summed E-state index contributed by atoms with van der Waals surface area (Å²) in [5, 5.41) is 3.21. The average Bonchev–Trinajstić information content (AvgIpc) is 2.64. The van der Waals surface area contributed by atoms with E-state index in [4.69, 9.17) is 4.74 Å². The van der Waals surface area contributed by atoms with Crippen LogP contribution in [0.25, 0.3) is 0 Å². The van der Waals surface area contributed by atoms with Crippen LogP contribution >= 0.6 is 0 Å².